The van der Waals surface area contributed by atoms with Gasteiger partial charge in [-0.25, -0.2) is 0 Å². The molecular weight excluding hydrogens is 457 g/mol. The van der Waals surface area contributed by atoms with Crippen LogP contribution >= 0.6 is 24.0 Å². The third kappa shape index (κ3) is 4.99. The molecule has 0 radical (unpaired) electrons. The van der Waals surface area contributed by atoms with Gasteiger partial charge in [-0.2, -0.15) is 0 Å². The van der Waals surface area contributed by atoms with Crippen molar-refractivity contribution in [2.24, 2.45) is 10.4 Å². The number of aliphatic imine (C=N–C) groups is 1. The third-order valence-corrected chi connectivity index (χ3v) is 5.97. The second kappa shape index (κ2) is 9.82. The molecule has 0 spiro atoms. The van der Waals surface area contributed by atoms with Gasteiger partial charge < -0.3 is 24.8 Å². The molecule has 1 aliphatic rings. The fourth-order valence-corrected chi connectivity index (χ4v) is 3.44. The van der Waals surface area contributed by atoms with Crippen LogP contribution in [0.3, 0.4) is 0 Å². The summed E-state index contributed by atoms with van der Waals surface area (Å²) in [6.07, 6.45) is 1.83. The zero-order valence-corrected chi connectivity index (χ0v) is 19.8. The molecule has 1 saturated carbocycles. The standard InChI is InChI=1S/C20H33N3O3.HI/c1-19(2)17(13-20(19,3)26-7)23-18(21-4)22-11-10-14-8-9-15(24-5)16(12-14)25-6;/h8-9,12,17H,10-11,13H2,1-7H3,(H2,21,22,23);1H. The highest BCUT2D eigenvalue weighted by Crippen LogP contribution is 2.51. The lowest BCUT2D eigenvalue weighted by atomic mass is 9.56. The molecule has 2 rings (SSSR count). The predicted molar refractivity (Wildman–Crippen MR) is 121 cm³/mol. The van der Waals surface area contributed by atoms with Gasteiger partial charge in [-0.15, -0.1) is 24.0 Å². The molecule has 2 atom stereocenters. The van der Waals surface area contributed by atoms with Crippen LogP contribution in [-0.4, -0.2) is 52.5 Å². The van der Waals surface area contributed by atoms with E-state index in [9.17, 15) is 0 Å². The molecule has 2 unspecified atom stereocenters. The molecule has 1 aromatic carbocycles. The van der Waals surface area contributed by atoms with Crippen LogP contribution in [0.4, 0.5) is 0 Å². The van der Waals surface area contributed by atoms with Crippen molar-refractivity contribution >= 4 is 29.9 Å². The Morgan fingerprint density at radius 2 is 1.81 bits per heavy atom. The number of methoxy groups -OCH3 is 3. The van der Waals surface area contributed by atoms with E-state index in [2.05, 4.69) is 42.5 Å². The second-order valence-electron chi connectivity index (χ2n) is 7.50. The second-order valence-corrected chi connectivity index (χ2v) is 7.50. The van der Waals surface area contributed by atoms with Crippen LogP contribution < -0.4 is 20.1 Å². The first-order chi connectivity index (χ1) is 12.3. The van der Waals surface area contributed by atoms with Crippen molar-refractivity contribution in [3.8, 4) is 11.5 Å². The Morgan fingerprint density at radius 1 is 1.15 bits per heavy atom. The fourth-order valence-electron chi connectivity index (χ4n) is 3.44. The van der Waals surface area contributed by atoms with Crippen molar-refractivity contribution in [2.45, 2.75) is 45.3 Å². The summed E-state index contributed by atoms with van der Waals surface area (Å²) in [5, 5.41) is 6.92. The summed E-state index contributed by atoms with van der Waals surface area (Å²) in [5.74, 6) is 2.32. The number of hydrogen-bond acceptors (Lipinski definition) is 4. The van der Waals surface area contributed by atoms with E-state index in [4.69, 9.17) is 14.2 Å². The number of ether oxygens (including phenoxy) is 3. The molecule has 154 valence electrons. The van der Waals surface area contributed by atoms with Crippen molar-refractivity contribution in [2.75, 3.05) is 34.9 Å². The maximum Gasteiger partial charge on any atom is 0.191 e. The molecule has 0 aromatic heterocycles. The van der Waals surface area contributed by atoms with Crippen molar-refractivity contribution in [1.82, 2.24) is 10.6 Å². The molecule has 27 heavy (non-hydrogen) atoms. The number of nitrogens with zero attached hydrogens (tertiary/aromatic N) is 1. The van der Waals surface area contributed by atoms with Crippen LogP contribution in [0.5, 0.6) is 11.5 Å². The lowest BCUT2D eigenvalue weighted by Gasteiger charge is -2.59. The number of nitrogens with one attached hydrogen (secondary N) is 2. The van der Waals surface area contributed by atoms with Gasteiger partial charge in [-0.05, 0) is 37.5 Å². The fraction of sp³-hybridized carbons (Fsp3) is 0.650. The molecule has 6 nitrogen and oxygen atoms in total. The summed E-state index contributed by atoms with van der Waals surface area (Å²) < 4.78 is 16.3. The minimum Gasteiger partial charge on any atom is -0.493 e. The summed E-state index contributed by atoms with van der Waals surface area (Å²) in [5.41, 5.74) is 1.13. The summed E-state index contributed by atoms with van der Waals surface area (Å²) >= 11 is 0. The van der Waals surface area contributed by atoms with Gasteiger partial charge in [0.25, 0.3) is 0 Å². The zero-order valence-electron chi connectivity index (χ0n) is 17.5. The molecular formula is C20H34IN3O3. The van der Waals surface area contributed by atoms with Gasteiger partial charge >= 0.3 is 0 Å². The van der Waals surface area contributed by atoms with E-state index >= 15 is 0 Å². The molecule has 1 aromatic rings. The first-order valence-electron chi connectivity index (χ1n) is 9.04. The number of halogens is 1. The molecule has 1 aliphatic carbocycles. The first-order valence-corrected chi connectivity index (χ1v) is 9.04. The summed E-state index contributed by atoms with van der Waals surface area (Å²) in [4.78, 5) is 4.35. The van der Waals surface area contributed by atoms with Gasteiger partial charge in [0.2, 0.25) is 0 Å². The van der Waals surface area contributed by atoms with E-state index in [-0.39, 0.29) is 35.0 Å². The topological polar surface area (TPSA) is 64.1 Å². The van der Waals surface area contributed by atoms with Crippen LogP contribution in [0.15, 0.2) is 23.2 Å². The lowest BCUT2D eigenvalue weighted by Crippen LogP contribution is -2.69. The van der Waals surface area contributed by atoms with Crippen LogP contribution in [-0.2, 0) is 11.2 Å². The zero-order chi connectivity index (χ0) is 19.4. The average molecular weight is 491 g/mol. The largest absolute Gasteiger partial charge is 0.493 e. The Kier molecular flexibility index (Phi) is 8.66. The molecule has 2 N–H and O–H groups in total. The van der Waals surface area contributed by atoms with Gasteiger partial charge in [0.15, 0.2) is 17.5 Å². The van der Waals surface area contributed by atoms with Crippen molar-refractivity contribution in [1.29, 1.82) is 0 Å². The highest BCUT2D eigenvalue weighted by Gasteiger charge is 2.58. The summed E-state index contributed by atoms with van der Waals surface area (Å²) in [6.45, 7) is 7.41. The van der Waals surface area contributed by atoms with Gasteiger partial charge in [-0.3, -0.25) is 4.99 Å². The van der Waals surface area contributed by atoms with Crippen LogP contribution in [0.1, 0.15) is 32.8 Å². The van der Waals surface area contributed by atoms with Crippen LogP contribution in [0.2, 0.25) is 0 Å². The number of hydrogen-bond donors (Lipinski definition) is 2. The minimum atomic E-state index is -0.0941. The highest BCUT2D eigenvalue weighted by molar-refractivity contribution is 14.0. The van der Waals surface area contributed by atoms with E-state index in [1.54, 1.807) is 28.4 Å². The molecule has 0 amide bonds. The quantitative estimate of drug-likeness (QED) is 0.349. The molecule has 0 aliphatic heterocycles. The summed E-state index contributed by atoms with van der Waals surface area (Å²) in [7, 11) is 6.88. The van der Waals surface area contributed by atoms with Crippen LogP contribution in [0, 0.1) is 5.41 Å². The Bertz CT molecular complexity index is 651. The van der Waals surface area contributed by atoms with Crippen molar-refractivity contribution in [3.05, 3.63) is 23.8 Å². The molecule has 7 heteroatoms. The van der Waals surface area contributed by atoms with E-state index in [0.717, 1.165) is 36.8 Å². The normalized spacial score (nSPS) is 23.7. The van der Waals surface area contributed by atoms with E-state index in [1.165, 1.54) is 5.56 Å². The van der Waals surface area contributed by atoms with Crippen molar-refractivity contribution in [3.63, 3.8) is 0 Å². The minimum absolute atomic E-state index is 0. The van der Waals surface area contributed by atoms with Crippen LogP contribution in [0.25, 0.3) is 0 Å². The molecule has 1 fully saturated rings. The Balaban J connectivity index is 0.00000364. The van der Waals surface area contributed by atoms with Gasteiger partial charge in [0.1, 0.15) is 0 Å². The van der Waals surface area contributed by atoms with E-state index in [0.29, 0.717) is 6.04 Å². The Hall–Kier alpha value is -1.22. The van der Waals surface area contributed by atoms with Gasteiger partial charge in [0, 0.05) is 32.2 Å². The first kappa shape index (κ1) is 23.8. The van der Waals surface area contributed by atoms with Gasteiger partial charge in [0.05, 0.1) is 19.8 Å². The maximum absolute atomic E-state index is 5.69. The SMILES string of the molecule is CN=C(NCCc1ccc(OC)c(OC)c1)NC1CC(C)(OC)C1(C)C.I. The third-order valence-electron chi connectivity index (χ3n) is 5.97. The maximum atomic E-state index is 5.69. The molecule has 0 saturated heterocycles. The number of guanidine groups is 1. The summed E-state index contributed by atoms with van der Waals surface area (Å²) in [6, 6.07) is 6.33. The predicted octanol–water partition coefficient (Wildman–Crippen LogP) is 3.23. The van der Waals surface area contributed by atoms with Crippen molar-refractivity contribution < 1.29 is 14.2 Å². The molecule has 0 heterocycles. The highest BCUT2D eigenvalue weighted by atomic mass is 127. The Morgan fingerprint density at radius 3 is 2.33 bits per heavy atom. The number of rotatable bonds is 7. The Labute approximate surface area is 180 Å². The van der Waals surface area contributed by atoms with Gasteiger partial charge in [-0.1, -0.05) is 19.9 Å². The van der Waals surface area contributed by atoms with E-state index in [1.807, 2.05) is 12.1 Å². The smallest absolute Gasteiger partial charge is 0.191 e. The lowest BCUT2D eigenvalue weighted by molar-refractivity contribution is -0.176. The van der Waals surface area contributed by atoms with E-state index < -0.39 is 0 Å². The average Bonchev–Trinajstić information content (AvgIpc) is 2.65. The molecule has 0 bridgehead atoms. The number of benzene rings is 1. The monoisotopic (exact) mass is 491 g/mol.